The first-order valence-electron chi connectivity index (χ1n) is 9.12. The number of sulfonamides is 1. The van der Waals surface area contributed by atoms with Gasteiger partial charge in [-0.2, -0.15) is 4.31 Å². The standard InChI is InChI=1S/C19H22ClN3O4S2/c1-22(13-17(24)21-16-8-3-2-7-15(16)20)19(25)14-6-4-10-23(12-14)29(26,27)18-9-5-11-28-18/h2-3,5,7-9,11,14H,4,6,10,12-13H2,1H3,(H,21,24). The number of anilines is 1. The Balaban J connectivity index is 1.60. The van der Waals surface area contributed by atoms with E-state index >= 15 is 0 Å². The maximum Gasteiger partial charge on any atom is 0.252 e. The number of carbonyl (C=O) groups excluding carboxylic acids is 2. The third-order valence-corrected chi connectivity index (χ3v) is 8.30. The summed E-state index contributed by atoms with van der Waals surface area (Å²) in [7, 11) is -2.05. The van der Waals surface area contributed by atoms with E-state index in [0.29, 0.717) is 30.1 Å². The van der Waals surface area contributed by atoms with Gasteiger partial charge < -0.3 is 10.2 Å². The van der Waals surface area contributed by atoms with Gasteiger partial charge in [0.05, 0.1) is 23.2 Å². The summed E-state index contributed by atoms with van der Waals surface area (Å²) in [6.45, 7) is 0.370. The lowest BCUT2D eigenvalue weighted by Gasteiger charge is -2.32. The highest BCUT2D eigenvalue weighted by Gasteiger charge is 2.35. The van der Waals surface area contributed by atoms with Gasteiger partial charge in [0.25, 0.3) is 10.0 Å². The number of likely N-dealkylation sites (N-methyl/N-ethyl adjacent to an activating group) is 1. The summed E-state index contributed by atoms with van der Waals surface area (Å²) in [5.41, 5.74) is 0.478. The minimum absolute atomic E-state index is 0.121. The van der Waals surface area contributed by atoms with Gasteiger partial charge in [-0.05, 0) is 36.4 Å². The Morgan fingerprint density at radius 3 is 2.72 bits per heavy atom. The second-order valence-corrected chi connectivity index (χ2v) is 10.4. The molecule has 0 spiro atoms. The molecule has 0 radical (unpaired) electrons. The Morgan fingerprint density at radius 1 is 1.28 bits per heavy atom. The van der Waals surface area contributed by atoms with Crippen LogP contribution in [0.5, 0.6) is 0 Å². The highest BCUT2D eigenvalue weighted by Crippen LogP contribution is 2.27. The van der Waals surface area contributed by atoms with E-state index in [4.69, 9.17) is 11.6 Å². The molecule has 10 heteroatoms. The van der Waals surface area contributed by atoms with Crippen LogP contribution in [0.4, 0.5) is 5.69 Å². The van der Waals surface area contributed by atoms with Crippen molar-refractivity contribution >= 4 is 50.5 Å². The number of halogens is 1. The van der Waals surface area contributed by atoms with Crippen LogP contribution in [-0.4, -0.2) is 56.1 Å². The van der Waals surface area contributed by atoms with Crippen LogP contribution < -0.4 is 5.32 Å². The predicted octanol–water partition coefficient (Wildman–Crippen LogP) is 2.90. The fourth-order valence-corrected chi connectivity index (χ4v) is 6.11. The lowest BCUT2D eigenvalue weighted by atomic mass is 9.98. The van der Waals surface area contributed by atoms with Crippen LogP contribution in [0.25, 0.3) is 0 Å². The summed E-state index contributed by atoms with van der Waals surface area (Å²) in [5, 5.41) is 4.81. The number of nitrogens with zero attached hydrogens (tertiary/aromatic N) is 2. The number of rotatable bonds is 6. The molecule has 1 saturated heterocycles. The summed E-state index contributed by atoms with van der Waals surface area (Å²) in [4.78, 5) is 26.4. The molecule has 1 aromatic carbocycles. The molecule has 1 aliphatic heterocycles. The van der Waals surface area contributed by atoms with E-state index in [2.05, 4.69) is 5.32 Å². The zero-order valence-corrected chi connectivity index (χ0v) is 18.3. The lowest BCUT2D eigenvalue weighted by molar-refractivity contribution is -0.138. The SMILES string of the molecule is CN(CC(=O)Nc1ccccc1Cl)C(=O)C1CCCN(S(=O)(=O)c2cccs2)C1. The molecule has 29 heavy (non-hydrogen) atoms. The van der Waals surface area contributed by atoms with Gasteiger partial charge in [-0.15, -0.1) is 11.3 Å². The number of benzene rings is 1. The number of piperidine rings is 1. The van der Waals surface area contributed by atoms with Crippen LogP contribution in [0.2, 0.25) is 5.02 Å². The molecular formula is C19H22ClN3O4S2. The number of thiophene rings is 1. The third-order valence-electron chi connectivity index (χ3n) is 4.73. The van der Waals surface area contributed by atoms with Crippen molar-refractivity contribution in [1.29, 1.82) is 0 Å². The van der Waals surface area contributed by atoms with Crippen molar-refractivity contribution in [1.82, 2.24) is 9.21 Å². The minimum atomic E-state index is -3.59. The Hall–Kier alpha value is -1.94. The Morgan fingerprint density at radius 2 is 2.03 bits per heavy atom. The van der Waals surface area contributed by atoms with Gasteiger partial charge in [0.1, 0.15) is 4.21 Å². The molecular weight excluding hydrogens is 434 g/mol. The maximum atomic E-state index is 12.8. The summed E-state index contributed by atoms with van der Waals surface area (Å²) in [6.07, 6.45) is 1.19. The van der Waals surface area contributed by atoms with Gasteiger partial charge >= 0.3 is 0 Å². The van der Waals surface area contributed by atoms with E-state index in [-0.39, 0.29) is 29.1 Å². The summed E-state index contributed by atoms with van der Waals surface area (Å²) in [6, 6.07) is 10.1. The smallest absolute Gasteiger partial charge is 0.252 e. The average Bonchev–Trinajstić information content (AvgIpc) is 3.25. The van der Waals surface area contributed by atoms with Gasteiger partial charge in [-0.3, -0.25) is 9.59 Å². The highest BCUT2D eigenvalue weighted by molar-refractivity contribution is 7.91. The predicted molar refractivity (Wildman–Crippen MR) is 114 cm³/mol. The van der Waals surface area contributed by atoms with Crippen molar-refractivity contribution < 1.29 is 18.0 Å². The maximum absolute atomic E-state index is 12.8. The zero-order valence-electron chi connectivity index (χ0n) is 15.9. The van der Waals surface area contributed by atoms with Crippen LogP contribution in [0.15, 0.2) is 46.0 Å². The Bertz CT molecular complexity index is 979. The number of hydrogen-bond donors (Lipinski definition) is 1. The number of amides is 2. The summed E-state index contributed by atoms with van der Waals surface area (Å²) >= 11 is 7.19. The molecule has 0 bridgehead atoms. The Kier molecular flexibility index (Phi) is 6.94. The van der Waals surface area contributed by atoms with Crippen LogP contribution >= 0.6 is 22.9 Å². The molecule has 0 saturated carbocycles. The third kappa shape index (κ3) is 5.16. The highest BCUT2D eigenvalue weighted by atomic mass is 35.5. The monoisotopic (exact) mass is 455 g/mol. The van der Waals surface area contributed by atoms with Gasteiger partial charge in [-0.25, -0.2) is 8.42 Å². The van der Waals surface area contributed by atoms with E-state index in [0.717, 1.165) is 11.3 Å². The van der Waals surface area contributed by atoms with Crippen LogP contribution in [-0.2, 0) is 19.6 Å². The zero-order chi connectivity index (χ0) is 21.0. The topological polar surface area (TPSA) is 86.8 Å². The van der Waals surface area contributed by atoms with Gasteiger partial charge in [0.2, 0.25) is 11.8 Å². The van der Waals surface area contributed by atoms with E-state index in [1.807, 2.05) is 0 Å². The van der Waals surface area contributed by atoms with E-state index in [1.165, 1.54) is 9.21 Å². The second-order valence-electron chi connectivity index (χ2n) is 6.86. The number of nitrogens with one attached hydrogen (secondary N) is 1. The van der Waals surface area contributed by atoms with Gasteiger partial charge in [0.15, 0.2) is 0 Å². The molecule has 1 N–H and O–H groups in total. The van der Waals surface area contributed by atoms with Crippen LogP contribution in [0, 0.1) is 5.92 Å². The quantitative estimate of drug-likeness (QED) is 0.725. The molecule has 2 amide bonds. The van der Waals surface area contributed by atoms with Crippen LogP contribution in [0.3, 0.4) is 0 Å². The van der Waals surface area contributed by atoms with Crippen molar-refractivity contribution in [3.8, 4) is 0 Å². The molecule has 2 aromatic rings. The second kappa shape index (κ2) is 9.25. The van der Waals surface area contributed by atoms with E-state index in [1.54, 1.807) is 48.8 Å². The van der Waals surface area contributed by atoms with E-state index in [9.17, 15) is 18.0 Å². The summed E-state index contributed by atoms with van der Waals surface area (Å²) in [5.74, 6) is -1.09. The van der Waals surface area contributed by atoms with Gasteiger partial charge in [0, 0.05) is 20.1 Å². The molecule has 156 valence electrons. The normalized spacial score (nSPS) is 17.7. The molecule has 7 nitrogen and oxygen atoms in total. The first-order chi connectivity index (χ1) is 13.8. The fraction of sp³-hybridized carbons (Fsp3) is 0.368. The number of para-hydroxylation sites is 1. The van der Waals surface area contributed by atoms with Crippen molar-refractivity contribution in [3.63, 3.8) is 0 Å². The van der Waals surface area contributed by atoms with Crippen molar-refractivity contribution in [2.45, 2.75) is 17.1 Å². The van der Waals surface area contributed by atoms with Crippen molar-refractivity contribution in [2.24, 2.45) is 5.92 Å². The average molecular weight is 456 g/mol. The fourth-order valence-electron chi connectivity index (χ4n) is 3.26. The molecule has 1 fully saturated rings. The molecule has 1 aliphatic rings. The molecule has 1 unspecified atom stereocenters. The first-order valence-corrected chi connectivity index (χ1v) is 11.8. The molecule has 0 aliphatic carbocycles. The molecule has 2 heterocycles. The summed E-state index contributed by atoms with van der Waals surface area (Å²) < 4.78 is 27.1. The van der Waals surface area contributed by atoms with Crippen molar-refractivity contribution in [3.05, 3.63) is 46.8 Å². The largest absolute Gasteiger partial charge is 0.336 e. The van der Waals surface area contributed by atoms with Crippen LogP contribution in [0.1, 0.15) is 12.8 Å². The number of carbonyl (C=O) groups is 2. The first kappa shape index (κ1) is 21.8. The Labute approximate surface area is 179 Å². The van der Waals surface area contributed by atoms with Crippen molar-refractivity contribution in [2.75, 3.05) is 32.0 Å². The molecule has 1 atom stereocenters. The van der Waals surface area contributed by atoms with E-state index < -0.39 is 15.9 Å². The molecule has 1 aromatic heterocycles. The molecule has 3 rings (SSSR count). The van der Waals surface area contributed by atoms with Gasteiger partial charge in [-0.1, -0.05) is 29.8 Å². The lowest BCUT2D eigenvalue weighted by Crippen LogP contribution is -2.47. The minimum Gasteiger partial charge on any atom is -0.336 e. The number of hydrogen-bond acceptors (Lipinski definition) is 5.